The molecular weight excluding hydrogens is 386 g/mol. The Morgan fingerprint density at radius 2 is 1.87 bits per heavy atom. The van der Waals surface area contributed by atoms with Crippen LogP contribution in [0.2, 0.25) is 0 Å². The van der Waals surface area contributed by atoms with E-state index in [-0.39, 0.29) is 0 Å². The van der Waals surface area contributed by atoms with Crippen molar-refractivity contribution in [3.8, 4) is 0 Å². The molecule has 2 aromatic rings. The number of nitrogens with one attached hydrogen (secondary N) is 1. The number of H-pyrrole nitrogens is 1. The van der Waals surface area contributed by atoms with Gasteiger partial charge in [0, 0.05) is 17.3 Å². The van der Waals surface area contributed by atoms with Gasteiger partial charge in [0.2, 0.25) is 0 Å². The lowest BCUT2D eigenvalue weighted by molar-refractivity contribution is -0.0985. The molecular formula is C22H35N3O5. The highest BCUT2D eigenvalue weighted by Crippen LogP contribution is 2.37. The van der Waals surface area contributed by atoms with E-state index >= 15 is 0 Å². The maximum absolute atomic E-state index is 12.5. The van der Waals surface area contributed by atoms with E-state index in [4.69, 9.17) is 4.74 Å². The lowest BCUT2D eigenvalue weighted by Gasteiger charge is -2.27. The van der Waals surface area contributed by atoms with E-state index in [1.165, 1.54) is 56.4 Å². The monoisotopic (exact) mass is 421 g/mol. The van der Waals surface area contributed by atoms with Crippen LogP contribution in [0.3, 0.4) is 0 Å². The summed E-state index contributed by atoms with van der Waals surface area (Å²) in [6.45, 7) is 3.16. The van der Waals surface area contributed by atoms with Gasteiger partial charge in [0.25, 0.3) is 0 Å². The standard InChI is InChI=1S/C22H35N3O5/c1-3-4-5-6-7-8-9-10-11-16-12-15-13-25(21(28)24-19(15)23-16)20-22(2,29)18(27)17(14-26)30-20/h12-13,17-18,20,26-27,29H,3-11,14H2,1-2H3,(H,23,24,28)/t17-,18-,20-,22-/m1/s1. The fourth-order valence-corrected chi connectivity index (χ4v) is 4.21. The van der Waals surface area contributed by atoms with Crippen molar-refractivity contribution in [1.82, 2.24) is 14.5 Å². The van der Waals surface area contributed by atoms with Crippen molar-refractivity contribution >= 4 is 11.0 Å². The molecule has 8 nitrogen and oxygen atoms in total. The number of nitrogens with zero attached hydrogens (tertiary/aromatic N) is 2. The van der Waals surface area contributed by atoms with Crippen LogP contribution in [-0.2, 0) is 11.2 Å². The maximum Gasteiger partial charge on any atom is 0.351 e. The Balaban J connectivity index is 1.63. The molecule has 1 saturated heterocycles. The van der Waals surface area contributed by atoms with Crippen molar-refractivity contribution in [3.63, 3.8) is 0 Å². The summed E-state index contributed by atoms with van der Waals surface area (Å²) in [6.07, 6.45) is 9.12. The van der Waals surface area contributed by atoms with Gasteiger partial charge in [-0.1, -0.05) is 51.9 Å². The van der Waals surface area contributed by atoms with Gasteiger partial charge in [0.15, 0.2) is 6.23 Å². The van der Waals surface area contributed by atoms with Crippen molar-refractivity contribution < 1.29 is 20.1 Å². The number of aromatic nitrogens is 3. The maximum atomic E-state index is 12.5. The van der Waals surface area contributed by atoms with Gasteiger partial charge < -0.3 is 25.0 Å². The zero-order valence-electron chi connectivity index (χ0n) is 18.0. The third-order valence-corrected chi connectivity index (χ3v) is 6.08. The van der Waals surface area contributed by atoms with Crippen LogP contribution in [0.15, 0.2) is 17.1 Å². The van der Waals surface area contributed by atoms with Crippen molar-refractivity contribution in [2.24, 2.45) is 0 Å². The molecule has 3 heterocycles. The molecule has 4 N–H and O–H groups in total. The molecule has 3 rings (SSSR count). The number of aryl methyl sites for hydroxylation is 1. The Bertz CT molecular complexity index is 875. The molecule has 1 aliphatic rings. The van der Waals surface area contributed by atoms with Crippen LogP contribution in [0, 0.1) is 0 Å². The second-order valence-corrected chi connectivity index (χ2v) is 8.63. The summed E-state index contributed by atoms with van der Waals surface area (Å²) in [5, 5.41) is 30.9. The zero-order chi connectivity index (χ0) is 21.7. The van der Waals surface area contributed by atoms with Gasteiger partial charge in [-0.3, -0.25) is 4.57 Å². The fraction of sp³-hybridized carbons (Fsp3) is 0.727. The van der Waals surface area contributed by atoms with Gasteiger partial charge in [-0.25, -0.2) is 4.79 Å². The molecule has 0 unspecified atom stereocenters. The topological polar surface area (TPSA) is 121 Å². The van der Waals surface area contributed by atoms with Crippen molar-refractivity contribution in [2.75, 3.05) is 6.61 Å². The minimum atomic E-state index is -1.72. The zero-order valence-corrected chi connectivity index (χ0v) is 18.0. The third kappa shape index (κ3) is 4.94. The number of aliphatic hydroxyl groups is 3. The number of fused-ring (bicyclic) bond motifs is 1. The van der Waals surface area contributed by atoms with E-state index in [2.05, 4.69) is 16.9 Å². The third-order valence-electron chi connectivity index (χ3n) is 6.08. The second kappa shape index (κ2) is 10.0. The molecule has 4 atom stereocenters. The first-order chi connectivity index (χ1) is 14.4. The van der Waals surface area contributed by atoms with E-state index in [1.54, 1.807) is 6.20 Å². The van der Waals surface area contributed by atoms with Crippen LogP contribution >= 0.6 is 0 Å². The average molecular weight is 422 g/mol. The quantitative estimate of drug-likeness (QED) is 0.414. The Morgan fingerprint density at radius 1 is 1.20 bits per heavy atom. The van der Waals surface area contributed by atoms with E-state index in [0.717, 1.165) is 23.9 Å². The molecule has 30 heavy (non-hydrogen) atoms. The highest BCUT2D eigenvalue weighted by atomic mass is 16.6. The first-order valence-corrected chi connectivity index (χ1v) is 11.2. The van der Waals surface area contributed by atoms with Crippen molar-refractivity contribution in [1.29, 1.82) is 0 Å². The molecule has 0 amide bonds. The van der Waals surface area contributed by atoms with Gasteiger partial charge in [0.1, 0.15) is 23.5 Å². The molecule has 0 aliphatic carbocycles. The smallest absolute Gasteiger partial charge is 0.351 e. The first-order valence-electron chi connectivity index (χ1n) is 11.2. The second-order valence-electron chi connectivity index (χ2n) is 8.63. The summed E-state index contributed by atoms with van der Waals surface area (Å²) in [5.74, 6) is 0. The molecule has 0 aromatic carbocycles. The van der Waals surface area contributed by atoms with Crippen LogP contribution in [0.25, 0.3) is 11.0 Å². The molecule has 1 fully saturated rings. The van der Waals surface area contributed by atoms with Crippen LogP contribution in [0.5, 0.6) is 0 Å². The van der Waals surface area contributed by atoms with E-state index in [1.807, 2.05) is 6.07 Å². The number of aliphatic hydroxyl groups excluding tert-OH is 2. The summed E-state index contributed by atoms with van der Waals surface area (Å²) in [7, 11) is 0. The molecule has 2 aromatic heterocycles. The molecule has 0 saturated carbocycles. The van der Waals surface area contributed by atoms with Gasteiger partial charge in [0.05, 0.1) is 6.61 Å². The molecule has 8 heteroatoms. The Morgan fingerprint density at radius 3 is 2.50 bits per heavy atom. The molecule has 1 aliphatic heterocycles. The number of rotatable bonds is 11. The molecule has 168 valence electrons. The van der Waals surface area contributed by atoms with Crippen LogP contribution < -0.4 is 5.69 Å². The van der Waals surface area contributed by atoms with Crippen molar-refractivity contribution in [2.45, 2.75) is 95.7 Å². The van der Waals surface area contributed by atoms with Gasteiger partial charge >= 0.3 is 5.69 Å². The summed E-state index contributed by atoms with van der Waals surface area (Å²) in [4.78, 5) is 19.8. The molecule has 0 bridgehead atoms. The first kappa shape index (κ1) is 22.9. The summed E-state index contributed by atoms with van der Waals surface area (Å²) in [5.41, 5.74) is -0.780. The van der Waals surface area contributed by atoms with E-state index in [0.29, 0.717) is 5.65 Å². The fourth-order valence-electron chi connectivity index (χ4n) is 4.21. The van der Waals surface area contributed by atoms with Crippen LogP contribution in [0.1, 0.15) is 77.1 Å². The normalized spacial score (nSPS) is 26.6. The van der Waals surface area contributed by atoms with Crippen molar-refractivity contribution in [3.05, 3.63) is 28.4 Å². The Kier molecular flexibility index (Phi) is 7.68. The summed E-state index contributed by atoms with van der Waals surface area (Å²) >= 11 is 0. The van der Waals surface area contributed by atoms with Gasteiger partial charge in [-0.2, -0.15) is 4.98 Å². The van der Waals surface area contributed by atoms with E-state index < -0.39 is 36.3 Å². The van der Waals surface area contributed by atoms with Gasteiger partial charge in [-0.05, 0) is 25.8 Å². The number of hydrogen-bond acceptors (Lipinski definition) is 6. The SMILES string of the molecule is CCCCCCCCCCc1cc2cn([C@@H]3O[C@H](CO)[C@@H](O)[C@@]3(C)O)c(=O)nc2[nH]1. The van der Waals surface area contributed by atoms with Gasteiger partial charge in [-0.15, -0.1) is 0 Å². The summed E-state index contributed by atoms with van der Waals surface area (Å²) < 4.78 is 6.74. The minimum Gasteiger partial charge on any atom is -0.394 e. The molecule has 0 radical (unpaired) electrons. The predicted molar refractivity (Wildman–Crippen MR) is 114 cm³/mol. The minimum absolute atomic E-state index is 0.453. The largest absolute Gasteiger partial charge is 0.394 e. The van der Waals surface area contributed by atoms with Crippen LogP contribution in [-0.4, -0.2) is 54.3 Å². The predicted octanol–water partition coefficient (Wildman–Crippen LogP) is 2.41. The summed E-state index contributed by atoms with van der Waals surface area (Å²) in [6, 6.07) is 1.96. The Labute approximate surface area is 176 Å². The van der Waals surface area contributed by atoms with Crippen LogP contribution in [0.4, 0.5) is 0 Å². The lowest BCUT2D eigenvalue weighted by atomic mass is 9.96. The highest BCUT2D eigenvalue weighted by Gasteiger charge is 2.53. The lowest BCUT2D eigenvalue weighted by Crippen LogP contribution is -2.46. The number of ether oxygens (including phenoxy) is 1. The number of aromatic amines is 1. The number of hydrogen-bond donors (Lipinski definition) is 4. The molecule has 0 spiro atoms. The average Bonchev–Trinajstić information content (AvgIpc) is 3.20. The Hall–Kier alpha value is -1.74. The van der Waals surface area contributed by atoms with E-state index in [9.17, 15) is 20.1 Å². The number of unbranched alkanes of at least 4 members (excludes halogenated alkanes) is 7. The highest BCUT2D eigenvalue weighted by molar-refractivity contribution is 5.75.